The normalized spacial score (nSPS) is 28.3. The fraction of sp³-hybridized carbons (Fsp3) is 0.364. The van der Waals surface area contributed by atoms with Gasteiger partial charge in [-0.05, 0) is 19.3 Å². The highest BCUT2D eigenvalue weighted by molar-refractivity contribution is 5.79. The van der Waals surface area contributed by atoms with Gasteiger partial charge in [-0.2, -0.15) is 0 Å². The maximum atomic E-state index is 7.41. The van der Waals surface area contributed by atoms with E-state index in [4.69, 9.17) is 11.1 Å². The van der Waals surface area contributed by atoms with Gasteiger partial charge in [-0.1, -0.05) is 36.5 Å². The molecule has 0 aromatic rings. The van der Waals surface area contributed by atoms with Crippen molar-refractivity contribution in [2.75, 3.05) is 0 Å². The van der Waals surface area contributed by atoms with Crippen molar-refractivity contribution in [1.82, 2.24) is 0 Å². The van der Waals surface area contributed by atoms with Crippen molar-refractivity contribution in [2.24, 2.45) is 11.7 Å². The van der Waals surface area contributed by atoms with Crippen molar-refractivity contribution >= 4 is 5.84 Å². The van der Waals surface area contributed by atoms with E-state index in [-0.39, 0.29) is 11.8 Å². The fourth-order valence-corrected chi connectivity index (χ4v) is 1.42. The number of hydrogen-bond acceptors (Lipinski definition) is 1. The lowest BCUT2D eigenvalue weighted by atomic mass is 9.95. The minimum Gasteiger partial charge on any atom is -0.387 e. The lowest BCUT2D eigenvalue weighted by Gasteiger charge is -2.13. The first kappa shape index (κ1) is 9.78. The summed E-state index contributed by atoms with van der Waals surface area (Å²) in [4.78, 5) is 0. The van der Waals surface area contributed by atoms with Crippen LogP contribution in [0.15, 0.2) is 36.5 Å². The molecule has 0 fully saturated rings. The Morgan fingerprint density at radius 2 is 2.31 bits per heavy atom. The summed E-state index contributed by atoms with van der Waals surface area (Å²) in [5, 5.41) is 7.41. The van der Waals surface area contributed by atoms with Crippen LogP contribution < -0.4 is 5.73 Å². The number of nitrogens with one attached hydrogen (secondary N) is 1. The molecular formula is C11H16N2. The van der Waals surface area contributed by atoms with Crippen LogP contribution in [-0.2, 0) is 0 Å². The number of hydrogen-bond donors (Lipinski definition) is 2. The molecule has 70 valence electrons. The Labute approximate surface area is 79.3 Å². The summed E-state index contributed by atoms with van der Waals surface area (Å²) in [5.41, 5.74) is 6.54. The van der Waals surface area contributed by atoms with E-state index in [2.05, 4.69) is 12.7 Å². The molecule has 1 aliphatic rings. The van der Waals surface area contributed by atoms with Crippen molar-refractivity contribution in [3.8, 4) is 0 Å². The molecule has 2 nitrogen and oxygen atoms in total. The number of nitrogens with two attached hydrogens (primary N) is 1. The van der Waals surface area contributed by atoms with Crippen molar-refractivity contribution in [3.63, 3.8) is 0 Å². The van der Waals surface area contributed by atoms with Gasteiger partial charge in [0.1, 0.15) is 0 Å². The van der Waals surface area contributed by atoms with Gasteiger partial charge in [0.15, 0.2) is 0 Å². The summed E-state index contributed by atoms with van der Waals surface area (Å²) >= 11 is 0. The molecule has 1 atom stereocenters. The standard InChI is InChI=1S/C11H16N2/c1-9-6-4-2-3-5-7-10(8-9)11(12)13/h2-4,6,10H,1,5,7-8H2,(H3,12,13)/b3-2-,6-4-. The van der Waals surface area contributed by atoms with Gasteiger partial charge in [0.05, 0.1) is 5.84 Å². The molecule has 1 aliphatic carbocycles. The molecule has 0 aliphatic heterocycles. The lowest BCUT2D eigenvalue weighted by Crippen LogP contribution is -2.22. The zero-order valence-electron chi connectivity index (χ0n) is 7.79. The highest BCUT2D eigenvalue weighted by Gasteiger charge is 2.12. The molecule has 0 saturated carbocycles. The Bertz CT molecular complexity index is 261. The highest BCUT2D eigenvalue weighted by atomic mass is 14.7. The summed E-state index contributed by atoms with van der Waals surface area (Å²) in [7, 11) is 0. The zero-order chi connectivity index (χ0) is 9.68. The predicted molar refractivity (Wildman–Crippen MR) is 56.7 cm³/mol. The largest absolute Gasteiger partial charge is 0.387 e. The van der Waals surface area contributed by atoms with Crippen LogP contribution in [0.5, 0.6) is 0 Å². The monoisotopic (exact) mass is 176 g/mol. The van der Waals surface area contributed by atoms with E-state index in [1.165, 1.54) is 0 Å². The van der Waals surface area contributed by atoms with E-state index in [0.29, 0.717) is 0 Å². The molecule has 0 aromatic heterocycles. The Kier molecular flexibility index (Phi) is 3.50. The highest BCUT2D eigenvalue weighted by Crippen LogP contribution is 2.18. The third-order valence-electron chi connectivity index (χ3n) is 2.21. The van der Waals surface area contributed by atoms with E-state index in [1.807, 2.05) is 18.2 Å². The summed E-state index contributed by atoms with van der Waals surface area (Å²) in [6.07, 6.45) is 10.9. The molecule has 0 amide bonds. The van der Waals surface area contributed by atoms with E-state index < -0.39 is 0 Å². The molecule has 2 heteroatoms. The zero-order valence-corrected chi connectivity index (χ0v) is 7.79. The van der Waals surface area contributed by atoms with Gasteiger partial charge in [-0.3, -0.25) is 5.41 Å². The molecule has 0 radical (unpaired) electrons. The summed E-state index contributed by atoms with van der Waals surface area (Å²) in [6, 6.07) is 0. The molecule has 0 aromatic carbocycles. The van der Waals surface area contributed by atoms with Gasteiger partial charge < -0.3 is 5.73 Å². The van der Waals surface area contributed by atoms with Crippen molar-refractivity contribution in [1.29, 1.82) is 5.41 Å². The summed E-state index contributed by atoms with van der Waals surface area (Å²) in [6.45, 7) is 3.92. The van der Waals surface area contributed by atoms with Gasteiger partial charge in [-0.25, -0.2) is 0 Å². The van der Waals surface area contributed by atoms with Crippen molar-refractivity contribution in [3.05, 3.63) is 36.5 Å². The average molecular weight is 176 g/mol. The van der Waals surface area contributed by atoms with Gasteiger partial charge in [0.2, 0.25) is 0 Å². The van der Waals surface area contributed by atoms with Gasteiger partial charge in [-0.15, -0.1) is 0 Å². The first-order valence-electron chi connectivity index (χ1n) is 4.55. The van der Waals surface area contributed by atoms with Crippen LogP contribution >= 0.6 is 0 Å². The second-order valence-corrected chi connectivity index (χ2v) is 3.38. The van der Waals surface area contributed by atoms with Crippen LogP contribution in [0.4, 0.5) is 0 Å². The van der Waals surface area contributed by atoms with Crippen LogP contribution in [-0.4, -0.2) is 5.84 Å². The number of amidine groups is 1. The Hall–Kier alpha value is -1.31. The molecule has 13 heavy (non-hydrogen) atoms. The molecule has 1 unspecified atom stereocenters. The van der Waals surface area contributed by atoms with Crippen LogP contribution in [0.1, 0.15) is 19.3 Å². The van der Waals surface area contributed by atoms with Gasteiger partial charge in [0, 0.05) is 5.92 Å². The minimum absolute atomic E-state index is 0.167. The summed E-state index contributed by atoms with van der Waals surface area (Å²) < 4.78 is 0. The average Bonchev–Trinajstić information content (AvgIpc) is 2.16. The molecule has 0 spiro atoms. The van der Waals surface area contributed by atoms with Gasteiger partial charge >= 0.3 is 0 Å². The maximum absolute atomic E-state index is 7.41. The second-order valence-electron chi connectivity index (χ2n) is 3.38. The first-order valence-corrected chi connectivity index (χ1v) is 4.55. The van der Waals surface area contributed by atoms with E-state index in [0.717, 1.165) is 24.8 Å². The summed E-state index contributed by atoms with van der Waals surface area (Å²) in [5.74, 6) is 0.449. The SMILES string of the molecule is C=C1/C=C\C=C/CCC(C(=N)N)C1. The third-order valence-corrected chi connectivity index (χ3v) is 2.21. The first-order chi connectivity index (χ1) is 6.20. The number of allylic oxidation sites excluding steroid dienone is 5. The maximum Gasteiger partial charge on any atom is 0.0940 e. The van der Waals surface area contributed by atoms with Crippen molar-refractivity contribution in [2.45, 2.75) is 19.3 Å². The lowest BCUT2D eigenvalue weighted by molar-refractivity contribution is 0.625. The predicted octanol–water partition coefficient (Wildman–Crippen LogP) is 2.39. The molecule has 0 bridgehead atoms. The molecule has 3 N–H and O–H groups in total. The number of rotatable bonds is 1. The Balaban J connectivity index is 2.68. The van der Waals surface area contributed by atoms with Crippen LogP contribution in [0.2, 0.25) is 0 Å². The smallest absolute Gasteiger partial charge is 0.0940 e. The van der Waals surface area contributed by atoms with Crippen molar-refractivity contribution < 1.29 is 0 Å². The second kappa shape index (κ2) is 4.65. The van der Waals surface area contributed by atoms with Crippen LogP contribution in [0.25, 0.3) is 0 Å². The van der Waals surface area contributed by atoms with Gasteiger partial charge in [0.25, 0.3) is 0 Å². The Morgan fingerprint density at radius 3 is 3.00 bits per heavy atom. The Morgan fingerprint density at radius 1 is 1.54 bits per heavy atom. The minimum atomic E-state index is 0.167. The molecule has 0 heterocycles. The quantitative estimate of drug-likeness (QED) is 0.467. The molecule has 0 saturated heterocycles. The fourth-order valence-electron chi connectivity index (χ4n) is 1.42. The molecular weight excluding hydrogens is 160 g/mol. The van der Waals surface area contributed by atoms with E-state index >= 15 is 0 Å². The topological polar surface area (TPSA) is 49.9 Å². The third kappa shape index (κ3) is 3.28. The van der Waals surface area contributed by atoms with Crippen LogP contribution in [0.3, 0.4) is 0 Å². The molecule has 1 rings (SSSR count). The van der Waals surface area contributed by atoms with Crippen LogP contribution in [0, 0.1) is 11.3 Å². The van der Waals surface area contributed by atoms with E-state index in [1.54, 1.807) is 0 Å². The van der Waals surface area contributed by atoms with E-state index in [9.17, 15) is 0 Å².